The maximum absolute atomic E-state index is 5.74. The Morgan fingerprint density at radius 3 is 2.90 bits per heavy atom. The maximum atomic E-state index is 5.74. The Morgan fingerprint density at radius 2 is 2.07 bits per heavy atom. The summed E-state index contributed by atoms with van der Waals surface area (Å²) in [4.78, 5) is 4.90. The smallest absolute Gasteiger partial charge is 0.209 e. The van der Waals surface area contributed by atoms with Crippen LogP contribution in [-0.2, 0) is 17.0 Å². The zero-order chi connectivity index (χ0) is 19.6. The summed E-state index contributed by atoms with van der Waals surface area (Å²) in [6, 6.07) is 14.5. The molecule has 3 aromatic heterocycles. The van der Waals surface area contributed by atoms with E-state index in [-0.39, 0.29) is 6.10 Å². The standard InChI is InChI=1S/C21H22N6OS/c1-15-9-10-19-22-20(16-6-3-2-4-7-16)18(26(19)12-15)14-29-21-23-24-25-27(21)13-17-8-5-11-28-17/h2-4,6-7,9-10,12,17H,5,8,11,13-14H2,1H3. The molecule has 0 spiro atoms. The molecule has 0 aliphatic carbocycles. The number of tetrazole rings is 1. The Hall–Kier alpha value is -2.71. The molecule has 0 amide bonds. The van der Waals surface area contributed by atoms with Gasteiger partial charge in [-0.15, -0.1) is 5.10 Å². The number of imidazole rings is 1. The lowest BCUT2D eigenvalue weighted by atomic mass is 10.1. The number of fused-ring (bicyclic) bond motifs is 1. The summed E-state index contributed by atoms with van der Waals surface area (Å²) in [6.45, 7) is 3.63. The van der Waals surface area contributed by atoms with Gasteiger partial charge in [-0.05, 0) is 41.8 Å². The van der Waals surface area contributed by atoms with Crippen LogP contribution in [0.5, 0.6) is 0 Å². The highest BCUT2D eigenvalue weighted by Gasteiger charge is 2.20. The lowest BCUT2D eigenvalue weighted by molar-refractivity contribution is 0.0912. The lowest BCUT2D eigenvalue weighted by Crippen LogP contribution is -2.16. The van der Waals surface area contributed by atoms with Crippen molar-refractivity contribution >= 4 is 17.4 Å². The molecular formula is C21H22N6OS. The van der Waals surface area contributed by atoms with E-state index in [1.54, 1.807) is 11.8 Å². The van der Waals surface area contributed by atoms with E-state index in [1.165, 1.54) is 5.56 Å². The molecule has 5 rings (SSSR count). The van der Waals surface area contributed by atoms with Crippen molar-refractivity contribution in [3.8, 4) is 11.3 Å². The first kappa shape index (κ1) is 18.3. The van der Waals surface area contributed by atoms with Gasteiger partial charge in [0.1, 0.15) is 5.65 Å². The highest BCUT2D eigenvalue weighted by Crippen LogP contribution is 2.30. The number of pyridine rings is 1. The van der Waals surface area contributed by atoms with Crippen LogP contribution in [0.3, 0.4) is 0 Å². The summed E-state index contributed by atoms with van der Waals surface area (Å²) in [7, 11) is 0. The second kappa shape index (κ2) is 7.96. The number of hydrogen-bond donors (Lipinski definition) is 0. The van der Waals surface area contributed by atoms with Crippen LogP contribution in [0.2, 0.25) is 0 Å². The quantitative estimate of drug-likeness (QED) is 0.454. The molecule has 1 unspecified atom stereocenters. The van der Waals surface area contributed by atoms with Gasteiger partial charge in [0.2, 0.25) is 5.16 Å². The topological polar surface area (TPSA) is 70.1 Å². The number of benzene rings is 1. The van der Waals surface area contributed by atoms with E-state index < -0.39 is 0 Å². The molecule has 148 valence electrons. The van der Waals surface area contributed by atoms with Gasteiger partial charge in [-0.3, -0.25) is 0 Å². The number of hydrogen-bond acceptors (Lipinski definition) is 6. The third kappa shape index (κ3) is 3.77. The first-order valence-electron chi connectivity index (χ1n) is 9.81. The molecule has 8 heteroatoms. The summed E-state index contributed by atoms with van der Waals surface area (Å²) < 4.78 is 9.78. The van der Waals surface area contributed by atoms with Crippen LogP contribution in [-0.4, -0.2) is 42.3 Å². The van der Waals surface area contributed by atoms with E-state index in [4.69, 9.17) is 9.72 Å². The van der Waals surface area contributed by atoms with Gasteiger partial charge >= 0.3 is 0 Å². The van der Waals surface area contributed by atoms with E-state index in [2.05, 4.69) is 57.3 Å². The van der Waals surface area contributed by atoms with Gasteiger partial charge in [0.25, 0.3) is 0 Å². The van der Waals surface area contributed by atoms with Crippen LogP contribution in [0.15, 0.2) is 53.8 Å². The molecule has 0 saturated carbocycles. The largest absolute Gasteiger partial charge is 0.376 e. The van der Waals surface area contributed by atoms with Crippen molar-refractivity contribution in [1.82, 2.24) is 29.6 Å². The molecule has 7 nitrogen and oxygen atoms in total. The fourth-order valence-corrected chi connectivity index (χ4v) is 4.59. The highest BCUT2D eigenvalue weighted by atomic mass is 32.2. The summed E-state index contributed by atoms with van der Waals surface area (Å²) in [5, 5.41) is 13.1. The average Bonchev–Trinajstić information content (AvgIpc) is 3.48. The minimum Gasteiger partial charge on any atom is -0.376 e. The number of thioether (sulfide) groups is 1. The summed E-state index contributed by atoms with van der Waals surface area (Å²) in [6.07, 6.45) is 4.52. The van der Waals surface area contributed by atoms with Crippen LogP contribution in [0.25, 0.3) is 16.9 Å². The SMILES string of the molecule is Cc1ccc2nc(-c3ccccc3)c(CSc3nnnn3CC3CCCO3)n2c1. The fraction of sp³-hybridized carbons (Fsp3) is 0.333. The van der Waals surface area contributed by atoms with Gasteiger partial charge in [0.05, 0.1) is 24.0 Å². The van der Waals surface area contributed by atoms with Crippen molar-refractivity contribution in [2.24, 2.45) is 0 Å². The Morgan fingerprint density at radius 1 is 1.17 bits per heavy atom. The van der Waals surface area contributed by atoms with E-state index in [0.717, 1.165) is 53.0 Å². The molecule has 1 aliphatic heterocycles. The van der Waals surface area contributed by atoms with Gasteiger partial charge in [0, 0.05) is 24.1 Å². The molecule has 1 saturated heterocycles. The molecule has 4 aromatic rings. The van der Waals surface area contributed by atoms with E-state index >= 15 is 0 Å². The molecule has 0 N–H and O–H groups in total. The molecule has 1 aromatic carbocycles. The van der Waals surface area contributed by atoms with Gasteiger partial charge in [-0.2, -0.15) is 0 Å². The fourth-order valence-electron chi connectivity index (χ4n) is 3.69. The summed E-state index contributed by atoms with van der Waals surface area (Å²) in [5.74, 6) is 0.723. The second-order valence-electron chi connectivity index (χ2n) is 7.28. The van der Waals surface area contributed by atoms with Crippen LogP contribution in [0, 0.1) is 6.92 Å². The minimum absolute atomic E-state index is 0.205. The molecule has 1 atom stereocenters. The van der Waals surface area contributed by atoms with Crippen molar-refractivity contribution in [3.63, 3.8) is 0 Å². The highest BCUT2D eigenvalue weighted by molar-refractivity contribution is 7.98. The number of aryl methyl sites for hydroxylation is 1. The number of nitrogens with zero attached hydrogens (tertiary/aromatic N) is 6. The molecule has 0 bridgehead atoms. The predicted molar refractivity (Wildman–Crippen MR) is 112 cm³/mol. The first-order valence-corrected chi connectivity index (χ1v) is 10.8. The first-order chi connectivity index (χ1) is 14.3. The molecule has 4 heterocycles. The Labute approximate surface area is 173 Å². The minimum atomic E-state index is 0.205. The second-order valence-corrected chi connectivity index (χ2v) is 8.22. The molecule has 1 aliphatic rings. The molecule has 0 radical (unpaired) electrons. The molecular weight excluding hydrogens is 384 g/mol. The van der Waals surface area contributed by atoms with Crippen molar-refractivity contribution in [3.05, 3.63) is 59.9 Å². The van der Waals surface area contributed by atoms with Crippen LogP contribution in [0.1, 0.15) is 24.1 Å². The monoisotopic (exact) mass is 406 g/mol. The van der Waals surface area contributed by atoms with Crippen molar-refractivity contribution < 1.29 is 4.74 Å². The summed E-state index contributed by atoms with van der Waals surface area (Å²) >= 11 is 1.63. The van der Waals surface area contributed by atoms with Crippen LogP contribution >= 0.6 is 11.8 Å². The summed E-state index contributed by atoms with van der Waals surface area (Å²) in [5.41, 5.74) is 5.41. The maximum Gasteiger partial charge on any atom is 0.209 e. The zero-order valence-corrected chi connectivity index (χ0v) is 17.0. The Bertz CT molecular complexity index is 1120. The predicted octanol–water partition coefficient (Wildman–Crippen LogP) is 3.77. The van der Waals surface area contributed by atoms with Gasteiger partial charge in [-0.1, -0.05) is 48.2 Å². The van der Waals surface area contributed by atoms with E-state index in [1.807, 2.05) is 22.9 Å². The van der Waals surface area contributed by atoms with Crippen molar-refractivity contribution in [1.29, 1.82) is 0 Å². The van der Waals surface area contributed by atoms with Gasteiger partial charge in [-0.25, -0.2) is 9.67 Å². The normalized spacial score (nSPS) is 16.7. The number of ether oxygens (including phenoxy) is 1. The van der Waals surface area contributed by atoms with Crippen molar-refractivity contribution in [2.75, 3.05) is 6.61 Å². The van der Waals surface area contributed by atoms with Crippen LogP contribution in [0.4, 0.5) is 0 Å². The number of aromatic nitrogens is 6. The van der Waals surface area contributed by atoms with Gasteiger partial charge in [0.15, 0.2) is 0 Å². The zero-order valence-electron chi connectivity index (χ0n) is 16.2. The molecule has 1 fully saturated rings. The Balaban J connectivity index is 1.46. The van der Waals surface area contributed by atoms with Crippen molar-refractivity contribution in [2.45, 2.75) is 43.3 Å². The molecule has 29 heavy (non-hydrogen) atoms. The Kier molecular flexibility index (Phi) is 5.03. The average molecular weight is 407 g/mol. The third-order valence-corrected chi connectivity index (χ3v) is 6.12. The van der Waals surface area contributed by atoms with E-state index in [0.29, 0.717) is 6.54 Å². The van der Waals surface area contributed by atoms with Gasteiger partial charge < -0.3 is 9.14 Å². The van der Waals surface area contributed by atoms with E-state index in [9.17, 15) is 0 Å². The number of rotatable bonds is 6. The third-order valence-electron chi connectivity index (χ3n) is 5.15. The van der Waals surface area contributed by atoms with Crippen LogP contribution < -0.4 is 0 Å². The lowest BCUT2D eigenvalue weighted by Gasteiger charge is -2.10.